The van der Waals surface area contributed by atoms with E-state index in [1.807, 2.05) is 0 Å². The van der Waals surface area contributed by atoms with Crippen LogP contribution < -0.4 is 56.0 Å². The van der Waals surface area contributed by atoms with Gasteiger partial charge in [0.1, 0.15) is 78.9 Å². The van der Waals surface area contributed by atoms with E-state index in [2.05, 4.69) is 187 Å². The molecule has 14 fully saturated rings. The average molecular weight is 1790 g/mol. The van der Waals surface area contributed by atoms with Gasteiger partial charge in [-0.15, -0.1) is 0 Å². The standard InChI is InChI=1S/2C33H37O3S.2C9H12O8S2.2CH4.BrH.Na/c2*1-22-14-30(37(28-10-6-4-7-11-28)29-12-8-5-9-13-29)15-23(2)32(22)35-21-31(34)36-33(3)26-17-24-16-25(19-26)20-27(33)18-24;2*10-7(3-18(11,12)13)16-8-4-1-5-6(2-4)19(14,15)17-9(5)8;;;;/h2*4-15,24-27H,16-21H2,1-3H3;2*4-6,8-9H,1-3H2,(H,11,12,13);2*1H4;1H;/q2*+1;;;;;;+1/p-3. The van der Waals surface area contributed by atoms with Crippen LogP contribution in [0.25, 0.3) is 0 Å². The van der Waals surface area contributed by atoms with Crippen LogP contribution in [0.15, 0.2) is 175 Å². The fourth-order valence-corrected chi connectivity index (χ4v) is 30.7. The molecule has 0 N–H and O–H groups in total. The minimum Gasteiger partial charge on any atom is -1.00 e. The molecule has 22 nitrogen and oxygen atoms in total. The van der Waals surface area contributed by atoms with Crippen molar-refractivity contribution < 1.29 is 145 Å². The predicted molar refractivity (Wildman–Crippen MR) is 426 cm³/mol. The molecule has 2 aliphatic heterocycles. The Hall–Kier alpha value is -5.38. The molecule has 624 valence electrons. The van der Waals surface area contributed by atoms with Gasteiger partial charge < -0.3 is 54.5 Å². The molecule has 10 unspecified atom stereocenters. The molecule has 116 heavy (non-hydrogen) atoms. The molecular weight excluding hydrogens is 1680 g/mol. The Balaban J connectivity index is 0.000000157. The molecular formula is C86H104BrNaO22S6. The Morgan fingerprint density at radius 2 is 0.690 bits per heavy atom. The number of carbonyl (C=O) groups is 4. The number of halogens is 1. The van der Waals surface area contributed by atoms with Gasteiger partial charge >= 0.3 is 53.4 Å². The molecule has 30 heteroatoms. The van der Waals surface area contributed by atoms with E-state index < -0.39 is 98.8 Å². The van der Waals surface area contributed by atoms with Crippen LogP contribution in [-0.4, -0.2) is 137 Å². The molecule has 10 atom stereocenters. The summed E-state index contributed by atoms with van der Waals surface area (Å²) >= 11 is 0. The van der Waals surface area contributed by atoms with Crippen molar-refractivity contribution in [2.75, 3.05) is 24.7 Å². The van der Waals surface area contributed by atoms with E-state index in [1.54, 1.807) is 0 Å². The quantitative estimate of drug-likeness (QED) is 0.0178. The van der Waals surface area contributed by atoms with Crippen LogP contribution in [0.5, 0.6) is 11.5 Å². The second-order valence-electron chi connectivity index (χ2n) is 33.4. The summed E-state index contributed by atoms with van der Waals surface area (Å²) in [5.41, 5.74) is 3.56. The first-order chi connectivity index (χ1) is 53.2. The molecule has 6 aromatic rings. The summed E-state index contributed by atoms with van der Waals surface area (Å²) in [4.78, 5) is 56.4. The van der Waals surface area contributed by atoms with Crippen molar-refractivity contribution in [2.24, 2.45) is 71.0 Å². The van der Waals surface area contributed by atoms with E-state index in [4.69, 9.17) is 36.8 Å². The zero-order chi connectivity index (χ0) is 79.1. The molecule has 0 aromatic heterocycles. The second-order valence-corrected chi connectivity index (χ2v) is 43.9. The van der Waals surface area contributed by atoms with Crippen molar-refractivity contribution in [3.63, 3.8) is 0 Å². The molecule has 20 rings (SSSR count). The van der Waals surface area contributed by atoms with Crippen molar-refractivity contribution in [3.8, 4) is 11.5 Å². The molecule has 12 bridgehead atoms. The summed E-state index contributed by atoms with van der Waals surface area (Å²) in [6.45, 7) is 12.6. The van der Waals surface area contributed by atoms with E-state index in [0.29, 0.717) is 49.4 Å². The fraction of sp³-hybridized carbons (Fsp3) is 0.535. The van der Waals surface area contributed by atoms with E-state index in [0.717, 1.165) is 57.4 Å². The zero-order valence-corrected chi connectivity index (χ0v) is 73.3. The molecule has 12 saturated carbocycles. The Morgan fingerprint density at radius 3 is 0.948 bits per heavy atom. The Bertz CT molecular complexity index is 4530. The Labute approximate surface area is 722 Å². The SMILES string of the molecule is C.C.Cc1cc([S+](c2ccccc2)c2ccccc2)cc(C)c1OCC(=O)OC1(C)C2CC3CC(C2)CC1C3.Cc1cc([S+](c2ccccc2)c2ccccc2)cc(C)c1OCC(=O)OC1(C)C2CC3CC(C2)CC1C3.O=C(CS(=O)(=O)[O-])OC1C2CC3C1OS(=O)(=O)C3C2.O=C(CS(=O)(=O)[O-])OC1C2CC3C1OS(=O)(=O)C3C2.[Br-].[Na+]. The predicted octanol–water partition coefficient (Wildman–Crippen LogP) is 7.51. The minimum atomic E-state index is -4.70. The molecule has 0 amide bonds. The van der Waals surface area contributed by atoms with Gasteiger partial charge in [-0.1, -0.05) is 87.6 Å². The number of benzene rings is 6. The van der Waals surface area contributed by atoms with Crippen molar-refractivity contribution >= 4 is 86.1 Å². The van der Waals surface area contributed by atoms with E-state index in [-0.39, 0.29) is 143 Å². The first-order valence-electron chi connectivity index (χ1n) is 38.9. The maximum atomic E-state index is 13.0. The first-order valence-corrected chi connectivity index (χ1v) is 47.4. The van der Waals surface area contributed by atoms with Crippen LogP contribution in [0.4, 0.5) is 0 Å². The first kappa shape index (κ1) is 91.4. The summed E-state index contributed by atoms with van der Waals surface area (Å²) < 4.78 is 154. The topological polar surface area (TPSA) is 325 Å². The van der Waals surface area contributed by atoms with Gasteiger partial charge in [0, 0.05) is 47.9 Å². The van der Waals surface area contributed by atoms with Gasteiger partial charge in [-0.2, -0.15) is 16.8 Å². The van der Waals surface area contributed by atoms with E-state index >= 15 is 0 Å². The van der Waals surface area contributed by atoms with E-state index in [1.165, 1.54) is 93.6 Å². The van der Waals surface area contributed by atoms with Gasteiger partial charge in [0.25, 0.3) is 20.2 Å². The van der Waals surface area contributed by atoms with Crippen LogP contribution in [0.1, 0.15) is 141 Å². The summed E-state index contributed by atoms with van der Waals surface area (Å²) in [5, 5.41) is -1.08. The maximum absolute atomic E-state index is 13.0. The smallest absolute Gasteiger partial charge is 1.00 e. The molecule has 0 radical (unpaired) electrons. The zero-order valence-electron chi connectivity index (χ0n) is 64.8. The maximum Gasteiger partial charge on any atom is 1.00 e. The third kappa shape index (κ3) is 19.4. The number of esters is 4. The Morgan fingerprint density at radius 1 is 0.422 bits per heavy atom. The molecule has 2 saturated heterocycles. The number of carbonyl (C=O) groups excluding carboxylic acids is 4. The van der Waals surface area contributed by atoms with E-state index in [9.17, 15) is 62.0 Å². The number of hydrogen-bond donors (Lipinski definition) is 0. The number of hydrogen-bond acceptors (Lipinski definition) is 22. The Kier molecular flexibility index (Phi) is 28.6. The summed E-state index contributed by atoms with van der Waals surface area (Å²) in [5.74, 6) is 1.12. The molecule has 6 aromatic carbocycles. The number of ether oxygens (including phenoxy) is 6. The van der Waals surface area contributed by atoms with Gasteiger partial charge in [-0.05, 0) is 250 Å². The fourth-order valence-electron chi connectivity index (χ4n) is 21.7. The third-order valence-corrected chi connectivity index (χ3v) is 35.2. The van der Waals surface area contributed by atoms with Crippen LogP contribution in [0.2, 0.25) is 0 Å². The number of rotatable bonds is 20. The van der Waals surface area contributed by atoms with Gasteiger partial charge in [0.15, 0.2) is 42.6 Å². The van der Waals surface area contributed by atoms with Crippen LogP contribution in [-0.2, 0) is 109 Å². The molecule has 12 aliphatic carbocycles. The summed E-state index contributed by atoms with van der Waals surface area (Å²) in [6, 6.07) is 51.5. The minimum absolute atomic E-state index is 0. The normalized spacial score (nSPS) is 31.7. The molecule has 2 heterocycles. The largest absolute Gasteiger partial charge is 1.00 e. The van der Waals surface area contributed by atoms with Crippen LogP contribution >= 0.6 is 0 Å². The molecule has 0 spiro atoms. The number of aryl methyl sites for hydroxylation is 4. The second kappa shape index (κ2) is 36.4. The van der Waals surface area contributed by atoms with Gasteiger partial charge in [-0.25, -0.2) is 26.4 Å². The van der Waals surface area contributed by atoms with Crippen molar-refractivity contribution in [1.82, 2.24) is 0 Å². The van der Waals surface area contributed by atoms with Gasteiger partial charge in [0.2, 0.25) is 0 Å². The number of fused-ring (bicyclic) bond motifs is 2. The van der Waals surface area contributed by atoms with Crippen molar-refractivity contribution in [2.45, 2.75) is 222 Å². The monoisotopic (exact) mass is 1780 g/mol. The summed E-state index contributed by atoms with van der Waals surface area (Å²) in [7, 11) is -17.0. The van der Waals surface area contributed by atoms with Gasteiger partial charge in [0.05, 0.1) is 32.3 Å². The van der Waals surface area contributed by atoms with Crippen LogP contribution in [0.3, 0.4) is 0 Å². The van der Waals surface area contributed by atoms with Gasteiger partial charge in [-0.3, -0.25) is 18.0 Å². The molecule has 14 aliphatic rings. The van der Waals surface area contributed by atoms with Crippen molar-refractivity contribution in [3.05, 3.63) is 168 Å². The average Bonchev–Trinajstić information content (AvgIpc) is 1.16. The van der Waals surface area contributed by atoms with Crippen molar-refractivity contribution in [1.29, 1.82) is 0 Å². The summed E-state index contributed by atoms with van der Waals surface area (Å²) in [6.07, 6.45) is 11.4. The van der Waals surface area contributed by atoms with Crippen LogP contribution in [0, 0.1) is 98.7 Å². The third-order valence-electron chi connectivity index (χ3n) is 26.1.